The minimum Gasteiger partial charge on any atom is -0.479 e. The van der Waals surface area contributed by atoms with Crippen molar-refractivity contribution in [3.63, 3.8) is 0 Å². The second kappa shape index (κ2) is 6.38. The van der Waals surface area contributed by atoms with Crippen LogP contribution in [0, 0.1) is 0 Å². The zero-order valence-electron chi connectivity index (χ0n) is 9.29. The van der Waals surface area contributed by atoms with Gasteiger partial charge in [-0.25, -0.2) is 4.79 Å². The van der Waals surface area contributed by atoms with Gasteiger partial charge < -0.3 is 40.1 Å². The first kappa shape index (κ1) is 15.2. The Balaban J connectivity index is 2.56. The minimum atomic E-state index is -1.81. The SMILES string of the molecule is O=C(O)C(O)CO[C@H]1O[C@H](CO)[C@@H](O)[C@H](O)[C@@H]1O. The summed E-state index contributed by atoms with van der Waals surface area (Å²) in [6, 6.07) is 0. The van der Waals surface area contributed by atoms with Gasteiger partial charge in [0.05, 0.1) is 13.2 Å². The van der Waals surface area contributed by atoms with Crippen molar-refractivity contribution in [3.05, 3.63) is 0 Å². The quantitative estimate of drug-likeness (QED) is 0.294. The Labute approximate surface area is 102 Å². The van der Waals surface area contributed by atoms with E-state index in [2.05, 4.69) is 0 Å². The van der Waals surface area contributed by atoms with Gasteiger partial charge in [-0.3, -0.25) is 0 Å². The van der Waals surface area contributed by atoms with E-state index in [-0.39, 0.29) is 0 Å². The Hall–Kier alpha value is -0.810. The van der Waals surface area contributed by atoms with Gasteiger partial charge in [-0.1, -0.05) is 0 Å². The van der Waals surface area contributed by atoms with E-state index in [1.54, 1.807) is 0 Å². The predicted octanol–water partition coefficient (Wildman–Crippen LogP) is -3.75. The third kappa shape index (κ3) is 3.36. The Morgan fingerprint density at radius 3 is 2.33 bits per heavy atom. The van der Waals surface area contributed by atoms with Crippen LogP contribution >= 0.6 is 0 Å². The average molecular weight is 268 g/mol. The third-order valence-corrected chi connectivity index (χ3v) is 2.55. The number of aliphatic hydroxyl groups is 5. The van der Waals surface area contributed by atoms with Gasteiger partial charge in [-0.2, -0.15) is 0 Å². The second-order valence-corrected chi connectivity index (χ2v) is 3.88. The molecule has 1 aliphatic rings. The lowest BCUT2D eigenvalue weighted by Gasteiger charge is -2.39. The number of carboxylic acid groups (broad SMARTS) is 1. The number of aliphatic hydroxyl groups excluding tert-OH is 5. The summed E-state index contributed by atoms with van der Waals surface area (Å²) in [7, 11) is 0. The zero-order valence-corrected chi connectivity index (χ0v) is 9.29. The van der Waals surface area contributed by atoms with Gasteiger partial charge in [-0.05, 0) is 0 Å². The molecule has 0 amide bonds. The smallest absolute Gasteiger partial charge is 0.334 e. The molecule has 9 heteroatoms. The lowest BCUT2D eigenvalue weighted by Crippen LogP contribution is -2.59. The monoisotopic (exact) mass is 268 g/mol. The van der Waals surface area contributed by atoms with Crippen LogP contribution in [0.3, 0.4) is 0 Å². The summed E-state index contributed by atoms with van der Waals surface area (Å²) in [4.78, 5) is 10.3. The molecule has 1 aliphatic heterocycles. The van der Waals surface area contributed by atoms with Gasteiger partial charge in [0.2, 0.25) is 0 Å². The van der Waals surface area contributed by atoms with Crippen molar-refractivity contribution in [1.29, 1.82) is 0 Å². The number of hydrogen-bond acceptors (Lipinski definition) is 8. The number of rotatable bonds is 5. The second-order valence-electron chi connectivity index (χ2n) is 3.88. The molecular weight excluding hydrogens is 252 g/mol. The molecule has 0 bridgehead atoms. The Morgan fingerprint density at radius 1 is 1.22 bits per heavy atom. The van der Waals surface area contributed by atoms with Crippen molar-refractivity contribution in [2.45, 2.75) is 36.8 Å². The molecule has 1 unspecified atom stereocenters. The summed E-state index contributed by atoms with van der Waals surface area (Å²) in [6.45, 7) is -1.29. The molecule has 0 aromatic heterocycles. The van der Waals surface area contributed by atoms with Crippen LogP contribution in [-0.2, 0) is 14.3 Å². The van der Waals surface area contributed by atoms with E-state index < -0.39 is 56.0 Å². The molecule has 1 fully saturated rings. The van der Waals surface area contributed by atoms with E-state index in [1.807, 2.05) is 0 Å². The van der Waals surface area contributed by atoms with Gasteiger partial charge in [-0.15, -0.1) is 0 Å². The maximum atomic E-state index is 10.3. The predicted molar refractivity (Wildman–Crippen MR) is 53.4 cm³/mol. The molecule has 18 heavy (non-hydrogen) atoms. The van der Waals surface area contributed by atoms with Crippen LogP contribution in [0.15, 0.2) is 0 Å². The average Bonchev–Trinajstić information content (AvgIpc) is 2.34. The molecule has 6 atom stereocenters. The van der Waals surface area contributed by atoms with Crippen molar-refractivity contribution in [1.82, 2.24) is 0 Å². The highest BCUT2D eigenvalue weighted by Crippen LogP contribution is 2.21. The first-order valence-corrected chi connectivity index (χ1v) is 5.21. The lowest BCUT2D eigenvalue weighted by atomic mass is 9.99. The van der Waals surface area contributed by atoms with Crippen molar-refractivity contribution in [3.8, 4) is 0 Å². The molecule has 1 rings (SSSR count). The van der Waals surface area contributed by atoms with Crippen LogP contribution in [0.2, 0.25) is 0 Å². The summed E-state index contributed by atoms with van der Waals surface area (Å²) in [5.74, 6) is -1.51. The van der Waals surface area contributed by atoms with Crippen molar-refractivity contribution >= 4 is 5.97 Å². The molecule has 0 saturated carbocycles. The van der Waals surface area contributed by atoms with Crippen LogP contribution in [-0.4, -0.2) is 86.6 Å². The van der Waals surface area contributed by atoms with Crippen molar-refractivity contribution in [2.24, 2.45) is 0 Å². The van der Waals surface area contributed by atoms with Gasteiger partial charge >= 0.3 is 5.97 Å². The fourth-order valence-electron chi connectivity index (χ4n) is 1.46. The van der Waals surface area contributed by atoms with Crippen LogP contribution in [0.5, 0.6) is 0 Å². The molecule has 9 nitrogen and oxygen atoms in total. The highest BCUT2D eigenvalue weighted by Gasteiger charge is 2.44. The number of hydrogen-bond donors (Lipinski definition) is 6. The molecule has 0 aromatic carbocycles. The zero-order chi connectivity index (χ0) is 13.9. The highest BCUT2D eigenvalue weighted by atomic mass is 16.7. The molecule has 0 aromatic rings. The van der Waals surface area contributed by atoms with Crippen LogP contribution in [0.1, 0.15) is 0 Å². The van der Waals surface area contributed by atoms with Gasteiger partial charge in [0.15, 0.2) is 12.4 Å². The summed E-state index contributed by atoms with van der Waals surface area (Å²) in [5, 5.41) is 54.6. The van der Waals surface area contributed by atoms with Gasteiger partial charge in [0.25, 0.3) is 0 Å². The van der Waals surface area contributed by atoms with Crippen LogP contribution in [0.25, 0.3) is 0 Å². The van der Waals surface area contributed by atoms with E-state index in [4.69, 9.17) is 24.8 Å². The maximum Gasteiger partial charge on any atom is 0.334 e. The largest absolute Gasteiger partial charge is 0.479 e. The summed E-state index contributed by atoms with van der Waals surface area (Å²) in [5.41, 5.74) is 0. The van der Waals surface area contributed by atoms with Gasteiger partial charge in [0.1, 0.15) is 24.4 Å². The molecule has 1 saturated heterocycles. The maximum absolute atomic E-state index is 10.3. The van der Waals surface area contributed by atoms with Crippen LogP contribution < -0.4 is 0 Å². The van der Waals surface area contributed by atoms with E-state index in [0.29, 0.717) is 0 Å². The Kier molecular flexibility index (Phi) is 5.41. The Bertz CT molecular complexity index is 281. The lowest BCUT2D eigenvalue weighted by molar-refractivity contribution is -0.304. The summed E-state index contributed by atoms with van der Waals surface area (Å²) >= 11 is 0. The summed E-state index contributed by atoms with van der Waals surface area (Å²) < 4.78 is 9.71. The van der Waals surface area contributed by atoms with Crippen molar-refractivity contribution in [2.75, 3.05) is 13.2 Å². The molecule has 106 valence electrons. The van der Waals surface area contributed by atoms with E-state index in [0.717, 1.165) is 0 Å². The number of aliphatic carboxylic acids is 1. The van der Waals surface area contributed by atoms with E-state index in [9.17, 15) is 20.1 Å². The topological polar surface area (TPSA) is 157 Å². The standard InChI is InChI=1S/C9H16O9/c10-1-4-5(12)6(13)7(14)9(18-4)17-2-3(11)8(15)16/h3-7,9-14H,1-2H2,(H,15,16)/t3?,4-,5-,6+,7+,9+/m1/s1. The molecular formula is C9H16O9. The van der Waals surface area contributed by atoms with E-state index in [1.165, 1.54) is 0 Å². The Morgan fingerprint density at radius 2 is 1.83 bits per heavy atom. The molecule has 0 aliphatic carbocycles. The van der Waals surface area contributed by atoms with Gasteiger partial charge in [0, 0.05) is 0 Å². The number of carbonyl (C=O) groups is 1. The first-order valence-electron chi connectivity index (χ1n) is 5.21. The fourth-order valence-corrected chi connectivity index (χ4v) is 1.46. The first-order chi connectivity index (χ1) is 8.38. The normalized spacial score (nSPS) is 38.4. The molecule has 1 heterocycles. The molecule has 0 radical (unpaired) electrons. The van der Waals surface area contributed by atoms with E-state index >= 15 is 0 Å². The minimum absolute atomic E-state index is 0.619. The molecule has 0 spiro atoms. The highest BCUT2D eigenvalue weighted by molar-refractivity contribution is 5.71. The van der Waals surface area contributed by atoms with Crippen LogP contribution in [0.4, 0.5) is 0 Å². The molecule has 6 N–H and O–H groups in total. The van der Waals surface area contributed by atoms with Crippen molar-refractivity contribution < 1.29 is 44.9 Å². The fraction of sp³-hybridized carbons (Fsp3) is 0.889. The third-order valence-electron chi connectivity index (χ3n) is 2.55. The number of ether oxygens (including phenoxy) is 2. The number of carboxylic acids is 1. The summed E-state index contributed by atoms with van der Waals surface area (Å²) in [6.07, 6.45) is -9.15.